The highest BCUT2D eigenvalue weighted by Crippen LogP contribution is 2.25. The first-order valence-corrected chi connectivity index (χ1v) is 5.75. The number of aryl methyl sites for hydroxylation is 2. The van der Waals surface area contributed by atoms with Crippen LogP contribution in [0.4, 0.5) is 0 Å². The maximum atomic E-state index is 5.78. The highest BCUT2D eigenvalue weighted by molar-refractivity contribution is 5.86. The average molecular weight is 239 g/mol. The lowest BCUT2D eigenvalue weighted by Crippen LogP contribution is -2.30. The lowest BCUT2D eigenvalue weighted by atomic mass is 10.2. The number of benzene rings is 1. The van der Waals surface area contributed by atoms with Crippen molar-refractivity contribution in [2.75, 3.05) is 0 Å². The molecule has 18 heavy (non-hydrogen) atoms. The van der Waals surface area contributed by atoms with Gasteiger partial charge in [-0.25, -0.2) is 4.57 Å². The Balaban J connectivity index is 2.40. The van der Waals surface area contributed by atoms with Gasteiger partial charge in [-0.05, 0) is 18.6 Å². The van der Waals surface area contributed by atoms with Crippen molar-refractivity contribution in [1.82, 2.24) is 14.4 Å². The Labute approximate surface area is 102 Å². The number of nitrogens with zero attached hydrogens (tertiary/aromatic N) is 4. The maximum absolute atomic E-state index is 5.78. The fourth-order valence-electron chi connectivity index (χ4n) is 2.46. The Morgan fingerprint density at radius 1 is 1.33 bits per heavy atom. The van der Waals surface area contributed by atoms with E-state index >= 15 is 0 Å². The van der Waals surface area contributed by atoms with Gasteiger partial charge in [0.1, 0.15) is 6.20 Å². The van der Waals surface area contributed by atoms with Gasteiger partial charge >= 0.3 is 5.84 Å². The van der Waals surface area contributed by atoms with E-state index in [4.69, 9.17) is 4.42 Å². The molecule has 0 aliphatic carbocycles. The molecular formula is C13H11N4O+. The number of hydrogen-bond acceptors (Lipinski definition) is 3. The van der Waals surface area contributed by atoms with Gasteiger partial charge in [0.15, 0.2) is 16.6 Å². The lowest BCUT2D eigenvalue weighted by molar-refractivity contribution is -0.650. The molecule has 1 aromatic carbocycles. The van der Waals surface area contributed by atoms with Gasteiger partial charge in [-0.15, -0.1) is 4.98 Å². The molecule has 0 unspecified atom stereocenters. The van der Waals surface area contributed by atoms with Crippen molar-refractivity contribution >= 4 is 28.1 Å². The van der Waals surface area contributed by atoms with Crippen LogP contribution < -0.4 is 4.57 Å². The predicted octanol–water partition coefficient (Wildman–Crippen LogP) is 1.76. The zero-order valence-electron chi connectivity index (χ0n) is 10.1. The first-order valence-electron chi connectivity index (χ1n) is 5.75. The molecule has 4 rings (SSSR count). The predicted molar refractivity (Wildman–Crippen MR) is 66.2 cm³/mol. The number of hydrogen-bond donors (Lipinski definition) is 0. The molecule has 0 saturated carbocycles. The van der Waals surface area contributed by atoms with E-state index in [1.54, 1.807) is 12.5 Å². The first-order chi connectivity index (χ1) is 8.75. The first kappa shape index (κ1) is 9.58. The molecule has 88 valence electrons. The molecule has 0 fully saturated rings. The molecule has 0 aliphatic rings. The smallest absolute Gasteiger partial charge is 0.371 e. The fourth-order valence-corrected chi connectivity index (χ4v) is 2.46. The summed E-state index contributed by atoms with van der Waals surface area (Å²) >= 11 is 0. The van der Waals surface area contributed by atoms with E-state index < -0.39 is 0 Å². The third kappa shape index (κ3) is 1.03. The largest absolute Gasteiger partial charge is 0.410 e. The Hall–Kier alpha value is -2.43. The van der Waals surface area contributed by atoms with Gasteiger partial charge in [-0.3, -0.25) is 0 Å². The monoisotopic (exact) mass is 239 g/mol. The summed E-state index contributed by atoms with van der Waals surface area (Å²) in [5, 5.41) is 0. The zero-order chi connectivity index (χ0) is 12.3. The molecule has 0 amide bonds. The summed E-state index contributed by atoms with van der Waals surface area (Å²) in [4.78, 5) is 8.60. The second-order valence-electron chi connectivity index (χ2n) is 4.47. The van der Waals surface area contributed by atoms with Gasteiger partial charge in [-0.2, -0.15) is 9.38 Å². The number of aromatic nitrogens is 4. The van der Waals surface area contributed by atoms with E-state index in [0.717, 1.165) is 22.3 Å². The van der Waals surface area contributed by atoms with Gasteiger partial charge in [0, 0.05) is 0 Å². The van der Waals surface area contributed by atoms with E-state index in [1.165, 1.54) is 5.56 Å². The molecule has 4 aromatic rings. The molecule has 3 aromatic heterocycles. The normalized spacial score (nSPS) is 11.9. The van der Waals surface area contributed by atoms with E-state index in [1.807, 2.05) is 28.1 Å². The SMILES string of the molecule is Cc1cccc2oc3nc4cnc[n+](C)c4n3c12. The van der Waals surface area contributed by atoms with E-state index in [2.05, 4.69) is 23.0 Å². The molecule has 5 heteroatoms. The molecule has 0 atom stereocenters. The van der Waals surface area contributed by atoms with Crippen molar-refractivity contribution in [1.29, 1.82) is 0 Å². The Morgan fingerprint density at radius 3 is 3.11 bits per heavy atom. The fraction of sp³-hybridized carbons (Fsp3) is 0.154. The molecule has 0 radical (unpaired) electrons. The van der Waals surface area contributed by atoms with E-state index in [0.29, 0.717) is 5.84 Å². The van der Waals surface area contributed by atoms with Crippen LogP contribution in [0.25, 0.3) is 28.1 Å². The number of fused-ring (bicyclic) bond motifs is 5. The number of rotatable bonds is 0. The molecule has 0 bridgehead atoms. The Bertz CT molecular complexity index is 832. The van der Waals surface area contributed by atoms with Crippen LogP contribution in [0.3, 0.4) is 0 Å². The van der Waals surface area contributed by atoms with Gasteiger partial charge in [-0.1, -0.05) is 12.1 Å². The third-order valence-corrected chi connectivity index (χ3v) is 3.24. The van der Waals surface area contributed by atoms with Gasteiger partial charge < -0.3 is 4.42 Å². The number of oxazole rings is 1. The highest BCUT2D eigenvalue weighted by Gasteiger charge is 2.21. The molecule has 0 spiro atoms. The quantitative estimate of drug-likeness (QED) is 0.439. The summed E-state index contributed by atoms with van der Waals surface area (Å²) in [5.41, 5.74) is 4.92. The van der Waals surface area contributed by atoms with Crippen molar-refractivity contribution < 1.29 is 8.98 Å². The minimum absolute atomic E-state index is 0.609. The van der Waals surface area contributed by atoms with Crippen molar-refractivity contribution in [2.24, 2.45) is 7.05 Å². The van der Waals surface area contributed by atoms with Gasteiger partial charge in [0.2, 0.25) is 6.33 Å². The number of para-hydroxylation sites is 1. The van der Waals surface area contributed by atoms with Crippen molar-refractivity contribution in [3.05, 3.63) is 36.3 Å². The Kier molecular flexibility index (Phi) is 1.63. The molecule has 0 aliphatic heterocycles. The van der Waals surface area contributed by atoms with Gasteiger partial charge in [0.25, 0.3) is 5.65 Å². The lowest BCUT2D eigenvalue weighted by Gasteiger charge is -1.94. The third-order valence-electron chi connectivity index (χ3n) is 3.24. The standard InChI is InChI=1S/C13H11N4O/c1-8-4-3-5-10-11(8)17-12-9(15-13(17)18-10)6-14-7-16(12)2/h3-7H,1-2H3/q+1. The average Bonchev–Trinajstić information content (AvgIpc) is 2.84. The van der Waals surface area contributed by atoms with Crippen LogP contribution in [-0.2, 0) is 7.05 Å². The van der Waals surface area contributed by atoms with Crippen molar-refractivity contribution in [3.8, 4) is 0 Å². The summed E-state index contributed by atoms with van der Waals surface area (Å²) in [6, 6.07) is 6.03. The summed E-state index contributed by atoms with van der Waals surface area (Å²) in [6.45, 7) is 2.07. The summed E-state index contributed by atoms with van der Waals surface area (Å²) in [6.07, 6.45) is 3.52. The minimum atomic E-state index is 0.609. The second-order valence-corrected chi connectivity index (χ2v) is 4.47. The van der Waals surface area contributed by atoms with Crippen LogP contribution in [0.5, 0.6) is 0 Å². The topological polar surface area (TPSA) is 47.2 Å². The number of imidazole rings is 1. The van der Waals surface area contributed by atoms with Crippen LogP contribution >= 0.6 is 0 Å². The molecule has 5 nitrogen and oxygen atoms in total. The van der Waals surface area contributed by atoms with Crippen molar-refractivity contribution in [3.63, 3.8) is 0 Å². The van der Waals surface area contributed by atoms with Crippen LogP contribution in [0.15, 0.2) is 35.1 Å². The van der Waals surface area contributed by atoms with Gasteiger partial charge in [0.05, 0.1) is 7.05 Å². The van der Waals surface area contributed by atoms with Crippen LogP contribution in [0, 0.1) is 6.92 Å². The Morgan fingerprint density at radius 2 is 2.22 bits per heavy atom. The molecule has 3 heterocycles. The summed E-state index contributed by atoms with van der Waals surface area (Å²) < 4.78 is 9.78. The summed E-state index contributed by atoms with van der Waals surface area (Å²) in [5.74, 6) is 0.609. The van der Waals surface area contributed by atoms with Crippen LogP contribution in [0.1, 0.15) is 5.56 Å². The highest BCUT2D eigenvalue weighted by atomic mass is 16.4. The second kappa shape index (κ2) is 3.07. The van der Waals surface area contributed by atoms with Crippen molar-refractivity contribution in [2.45, 2.75) is 6.92 Å². The van der Waals surface area contributed by atoms with E-state index in [9.17, 15) is 0 Å². The van der Waals surface area contributed by atoms with Crippen LogP contribution in [-0.4, -0.2) is 14.4 Å². The van der Waals surface area contributed by atoms with E-state index in [-0.39, 0.29) is 0 Å². The molecule has 0 N–H and O–H groups in total. The van der Waals surface area contributed by atoms with Crippen LogP contribution in [0.2, 0.25) is 0 Å². The molecule has 0 saturated heterocycles. The summed E-state index contributed by atoms with van der Waals surface area (Å²) in [7, 11) is 1.96. The maximum Gasteiger partial charge on any atom is 0.371 e. The minimum Gasteiger partial charge on any atom is -0.410 e. The molecular weight excluding hydrogens is 228 g/mol. The zero-order valence-corrected chi connectivity index (χ0v) is 10.1.